The van der Waals surface area contributed by atoms with Crippen molar-refractivity contribution in [2.24, 2.45) is 0 Å². The molecule has 0 saturated carbocycles. The van der Waals surface area contributed by atoms with Crippen molar-refractivity contribution >= 4 is 16.9 Å². The van der Waals surface area contributed by atoms with E-state index in [4.69, 9.17) is 4.98 Å². The van der Waals surface area contributed by atoms with Gasteiger partial charge in [-0.25, -0.2) is 4.98 Å². The van der Waals surface area contributed by atoms with Crippen LogP contribution in [0, 0.1) is 6.92 Å². The number of aromatic nitrogens is 1. The molecule has 0 aliphatic carbocycles. The molecule has 1 heterocycles. The minimum absolute atomic E-state index is 0.00863. The summed E-state index contributed by atoms with van der Waals surface area (Å²) in [6.45, 7) is 1.94. The normalized spacial score (nSPS) is 10.7. The number of para-hydroxylation sites is 1. The lowest BCUT2D eigenvalue weighted by molar-refractivity contribution is -0.136. The summed E-state index contributed by atoms with van der Waals surface area (Å²) >= 11 is 0. The molecule has 1 aromatic heterocycles. The molecule has 0 atom stereocenters. The molecule has 3 rings (SSSR count). The average Bonchev–Trinajstić information content (AvgIpc) is 2.50. The minimum atomic E-state index is -0.825. The Balaban J connectivity index is 2.32. The Morgan fingerprint density at radius 3 is 2.43 bits per heavy atom. The fraction of sp³-hybridized carbons (Fsp3) is 0.111. The third-order valence-corrected chi connectivity index (χ3v) is 3.64. The predicted molar refractivity (Wildman–Crippen MR) is 83.3 cm³/mol. The van der Waals surface area contributed by atoms with Gasteiger partial charge >= 0.3 is 5.97 Å². The van der Waals surface area contributed by atoms with Gasteiger partial charge in [-0.1, -0.05) is 48.5 Å². The van der Waals surface area contributed by atoms with E-state index in [1.807, 2.05) is 61.5 Å². The van der Waals surface area contributed by atoms with Gasteiger partial charge in [0.25, 0.3) is 0 Å². The molecule has 0 radical (unpaired) electrons. The molecule has 0 unspecified atom stereocenters. The molecule has 0 aliphatic rings. The van der Waals surface area contributed by atoms with E-state index in [9.17, 15) is 9.90 Å². The number of carboxylic acid groups (broad SMARTS) is 1. The van der Waals surface area contributed by atoms with Crippen LogP contribution < -0.4 is 0 Å². The molecule has 104 valence electrons. The Morgan fingerprint density at radius 1 is 1.05 bits per heavy atom. The monoisotopic (exact) mass is 277 g/mol. The van der Waals surface area contributed by atoms with Gasteiger partial charge in [0.05, 0.1) is 17.6 Å². The highest BCUT2D eigenvalue weighted by Crippen LogP contribution is 2.29. The van der Waals surface area contributed by atoms with Gasteiger partial charge in [0.15, 0.2) is 0 Å². The molecule has 21 heavy (non-hydrogen) atoms. The van der Waals surface area contributed by atoms with Crippen molar-refractivity contribution in [2.75, 3.05) is 0 Å². The Bertz CT molecular complexity index is 810. The molecule has 3 aromatic rings. The molecule has 0 fully saturated rings. The van der Waals surface area contributed by atoms with E-state index in [1.54, 1.807) is 0 Å². The van der Waals surface area contributed by atoms with Gasteiger partial charge in [-0.2, -0.15) is 0 Å². The van der Waals surface area contributed by atoms with E-state index in [2.05, 4.69) is 0 Å². The highest BCUT2D eigenvalue weighted by atomic mass is 16.4. The van der Waals surface area contributed by atoms with Gasteiger partial charge in [0, 0.05) is 10.9 Å². The van der Waals surface area contributed by atoms with Crippen molar-refractivity contribution in [3.05, 3.63) is 65.7 Å². The molecule has 3 nitrogen and oxygen atoms in total. The molecule has 0 spiro atoms. The highest BCUT2D eigenvalue weighted by Gasteiger charge is 2.15. The van der Waals surface area contributed by atoms with Gasteiger partial charge < -0.3 is 5.11 Å². The first kappa shape index (κ1) is 13.3. The third kappa shape index (κ3) is 2.50. The van der Waals surface area contributed by atoms with E-state index < -0.39 is 5.97 Å². The second-order valence-electron chi connectivity index (χ2n) is 5.02. The Labute approximate surface area is 122 Å². The highest BCUT2D eigenvalue weighted by molar-refractivity contribution is 5.90. The zero-order valence-corrected chi connectivity index (χ0v) is 11.7. The number of hydrogen-bond acceptors (Lipinski definition) is 2. The van der Waals surface area contributed by atoms with Gasteiger partial charge in [-0.05, 0) is 24.1 Å². The maximum Gasteiger partial charge on any atom is 0.307 e. The summed E-state index contributed by atoms with van der Waals surface area (Å²) in [6.07, 6.45) is 0.00863. The number of benzene rings is 2. The average molecular weight is 277 g/mol. The molecule has 1 N–H and O–H groups in total. The van der Waals surface area contributed by atoms with Crippen LogP contribution in [0.5, 0.6) is 0 Å². The van der Waals surface area contributed by atoms with Crippen molar-refractivity contribution in [1.82, 2.24) is 4.98 Å². The largest absolute Gasteiger partial charge is 0.481 e. The first-order valence-electron chi connectivity index (χ1n) is 6.82. The molecule has 0 saturated heterocycles. The molecular formula is C18H15NO2. The van der Waals surface area contributed by atoms with Gasteiger partial charge in [0.2, 0.25) is 0 Å². The van der Waals surface area contributed by atoms with Crippen molar-refractivity contribution in [1.29, 1.82) is 0 Å². The lowest BCUT2D eigenvalue weighted by atomic mass is 9.96. The number of carboxylic acids is 1. The van der Waals surface area contributed by atoms with Crippen LogP contribution in [0.15, 0.2) is 54.6 Å². The fourth-order valence-electron chi connectivity index (χ4n) is 2.63. The lowest BCUT2D eigenvalue weighted by Crippen LogP contribution is -2.05. The summed E-state index contributed by atoms with van der Waals surface area (Å²) in [5.74, 6) is -0.825. The number of fused-ring (bicyclic) bond motifs is 1. The summed E-state index contributed by atoms with van der Waals surface area (Å²) in [4.78, 5) is 15.9. The molecule has 2 aromatic carbocycles. The molecular weight excluding hydrogens is 262 g/mol. The maximum absolute atomic E-state index is 11.2. The third-order valence-electron chi connectivity index (χ3n) is 3.64. The standard InChI is InChI=1S/C18H15NO2/c1-12-15(11-17(20)21)14-9-5-6-10-16(14)19-18(12)13-7-3-2-4-8-13/h2-10H,11H2,1H3,(H,20,21). The van der Waals surface area contributed by atoms with E-state index in [0.29, 0.717) is 0 Å². The van der Waals surface area contributed by atoms with Gasteiger partial charge in [-0.15, -0.1) is 0 Å². The summed E-state index contributed by atoms with van der Waals surface area (Å²) in [5.41, 5.74) is 4.46. The summed E-state index contributed by atoms with van der Waals surface area (Å²) in [6, 6.07) is 17.6. The topological polar surface area (TPSA) is 50.2 Å². The zero-order valence-electron chi connectivity index (χ0n) is 11.7. The number of carbonyl (C=O) groups is 1. The molecule has 0 bridgehead atoms. The molecule has 0 aliphatic heterocycles. The number of nitrogens with zero attached hydrogens (tertiary/aromatic N) is 1. The minimum Gasteiger partial charge on any atom is -0.481 e. The van der Waals surface area contributed by atoms with Crippen LogP contribution >= 0.6 is 0 Å². The van der Waals surface area contributed by atoms with Crippen LogP contribution in [-0.4, -0.2) is 16.1 Å². The van der Waals surface area contributed by atoms with Crippen LogP contribution in [0.1, 0.15) is 11.1 Å². The Hall–Kier alpha value is -2.68. The number of pyridine rings is 1. The second kappa shape index (κ2) is 5.37. The van der Waals surface area contributed by atoms with Crippen molar-refractivity contribution < 1.29 is 9.90 Å². The van der Waals surface area contributed by atoms with Crippen LogP contribution in [0.25, 0.3) is 22.2 Å². The van der Waals surface area contributed by atoms with Gasteiger partial charge in [-0.3, -0.25) is 4.79 Å². The van der Waals surface area contributed by atoms with E-state index >= 15 is 0 Å². The first-order valence-corrected chi connectivity index (χ1v) is 6.82. The lowest BCUT2D eigenvalue weighted by Gasteiger charge is -2.13. The SMILES string of the molecule is Cc1c(-c2ccccc2)nc2ccccc2c1CC(=O)O. The van der Waals surface area contributed by atoms with Crippen LogP contribution in [0.4, 0.5) is 0 Å². The maximum atomic E-state index is 11.2. The number of hydrogen-bond donors (Lipinski definition) is 1. The number of rotatable bonds is 3. The van der Waals surface area contributed by atoms with Crippen molar-refractivity contribution in [3.63, 3.8) is 0 Å². The predicted octanol–water partition coefficient (Wildman–Crippen LogP) is 3.84. The van der Waals surface area contributed by atoms with E-state index in [-0.39, 0.29) is 6.42 Å². The van der Waals surface area contributed by atoms with E-state index in [0.717, 1.165) is 33.3 Å². The molecule has 3 heteroatoms. The quantitative estimate of drug-likeness (QED) is 0.791. The Kier molecular flexibility index (Phi) is 3.40. The van der Waals surface area contributed by atoms with E-state index in [1.165, 1.54) is 0 Å². The summed E-state index contributed by atoms with van der Waals surface area (Å²) in [5, 5.41) is 10.1. The zero-order chi connectivity index (χ0) is 14.8. The Morgan fingerprint density at radius 2 is 1.71 bits per heavy atom. The van der Waals surface area contributed by atoms with Crippen molar-refractivity contribution in [2.45, 2.75) is 13.3 Å². The summed E-state index contributed by atoms with van der Waals surface area (Å²) < 4.78 is 0. The van der Waals surface area contributed by atoms with Crippen LogP contribution in [0.2, 0.25) is 0 Å². The molecule has 0 amide bonds. The summed E-state index contributed by atoms with van der Waals surface area (Å²) in [7, 11) is 0. The van der Waals surface area contributed by atoms with Crippen LogP contribution in [-0.2, 0) is 11.2 Å². The first-order chi connectivity index (χ1) is 10.2. The van der Waals surface area contributed by atoms with Crippen molar-refractivity contribution in [3.8, 4) is 11.3 Å². The fourth-order valence-corrected chi connectivity index (χ4v) is 2.63. The van der Waals surface area contributed by atoms with Gasteiger partial charge in [0.1, 0.15) is 0 Å². The van der Waals surface area contributed by atoms with Crippen LogP contribution in [0.3, 0.4) is 0 Å². The smallest absolute Gasteiger partial charge is 0.307 e. The second-order valence-corrected chi connectivity index (χ2v) is 5.02. The number of aliphatic carboxylic acids is 1.